The van der Waals surface area contributed by atoms with Crippen LogP contribution in [0.3, 0.4) is 0 Å². The molecule has 0 radical (unpaired) electrons. The summed E-state index contributed by atoms with van der Waals surface area (Å²) in [5, 5.41) is 18.5. The topological polar surface area (TPSA) is 111 Å². The average Bonchev–Trinajstić information content (AvgIpc) is 3.57. The van der Waals surface area contributed by atoms with Crippen molar-refractivity contribution in [1.82, 2.24) is 35.0 Å². The molecule has 36 heavy (non-hydrogen) atoms. The first kappa shape index (κ1) is 22.9. The van der Waals surface area contributed by atoms with Crippen molar-refractivity contribution in [2.75, 3.05) is 0 Å². The van der Waals surface area contributed by atoms with Crippen LogP contribution in [-0.2, 0) is 6.54 Å². The molecule has 1 N–H and O–H groups in total. The van der Waals surface area contributed by atoms with Crippen LogP contribution in [0.1, 0.15) is 35.1 Å². The van der Waals surface area contributed by atoms with Crippen molar-refractivity contribution in [3.05, 3.63) is 112 Å². The summed E-state index contributed by atoms with van der Waals surface area (Å²) in [4.78, 5) is 26.2. The molecular weight excluding hydrogens is 454 g/mol. The van der Waals surface area contributed by atoms with E-state index in [0.717, 1.165) is 33.4 Å². The van der Waals surface area contributed by atoms with Gasteiger partial charge in [0.2, 0.25) is 0 Å². The molecule has 0 aliphatic carbocycles. The maximum atomic E-state index is 13.2. The van der Waals surface area contributed by atoms with Gasteiger partial charge in [0.25, 0.3) is 5.91 Å². The molecule has 2 heterocycles. The number of H-pyrrole nitrogens is 1. The van der Waals surface area contributed by atoms with E-state index in [2.05, 4.69) is 25.7 Å². The highest BCUT2D eigenvalue weighted by Gasteiger charge is 2.19. The van der Waals surface area contributed by atoms with E-state index in [1.165, 1.54) is 4.57 Å². The number of nitrogens with zero attached hydrogens (tertiary/aromatic N) is 6. The van der Waals surface area contributed by atoms with Gasteiger partial charge in [0.15, 0.2) is 11.6 Å². The highest BCUT2D eigenvalue weighted by atomic mass is 16.2. The molecule has 178 valence electrons. The van der Waals surface area contributed by atoms with Gasteiger partial charge in [0.1, 0.15) is 0 Å². The molecule has 0 aliphatic heterocycles. The Bertz CT molecular complexity index is 1560. The highest BCUT2D eigenvalue weighted by molar-refractivity contribution is 5.95. The van der Waals surface area contributed by atoms with Crippen molar-refractivity contribution in [1.29, 1.82) is 0 Å². The van der Waals surface area contributed by atoms with E-state index in [0.29, 0.717) is 17.2 Å². The van der Waals surface area contributed by atoms with E-state index < -0.39 is 11.6 Å². The highest BCUT2D eigenvalue weighted by Crippen LogP contribution is 2.29. The van der Waals surface area contributed by atoms with Gasteiger partial charge in [-0.25, -0.2) is 9.89 Å². The first-order valence-electron chi connectivity index (χ1n) is 11.5. The third kappa shape index (κ3) is 4.54. The van der Waals surface area contributed by atoms with Gasteiger partial charge in [-0.05, 0) is 51.7 Å². The monoisotopic (exact) mass is 477 g/mol. The Balaban J connectivity index is 1.47. The third-order valence-electron chi connectivity index (χ3n) is 5.74. The molecule has 0 saturated heterocycles. The second-order valence-corrected chi connectivity index (χ2v) is 8.11. The Hall–Kier alpha value is -4.92. The van der Waals surface area contributed by atoms with Gasteiger partial charge < -0.3 is 0 Å². The minimum atomic E-state index is -0.480. The summed E-state index contributed by atoms with van der Waals surface area (Å²) in [6.07, 6.45) is 4.46. The lowest BCUT2D eigenvalue weighted by molar-refractivity contribution is 0.0940. The van der Waals surface area contributed by atoms with E-state index in [4.69, 9.17) is 0 Å². The van der Waals surface area contributed by atoms with Crippen LogP contribution < -0.4 is 5.69 Å². The van der Waals surface area contributed by atoms with Crippen LogP contribution in [0.4, 0.5) is 0 Å². The zero-order chi connectivity index (χ0) is 24.9. The minimum Gasteiger partial charge on any atom is -0.271 e. The minimum absolute atomic E-state index is 0.276. The SMILES string of the molecule is CCC=Cc1nn(C(=O)c2ccccc2)c(=O)n1Cc1ccc(-c2ccccc2-c2nnn[nH]2)cc1. The van der Waals surface area contributed by atoms with Crippen molar-refractivity contribution in [3.8, 4) is 22.5 Å². The maximum Gasteiger partial charge on any atom is 0.354 e. The quantitative estimate of drug-likeness (QED) is 0.379. The fraction of sp³-hybridized carbons (Fsp3) is 0.111. The standard InChI is InChI=1S/C27H23N7O2/c1-2-3-13-24-30-34(26(35)21-9-5-4-6-10-21)27(36)33(24)18-19-14-16-20(17-15-19)22-11-7-8-12-23(22)25-28-31-32-29-25/h3-17H,2,18H2,1H3,(H,28,29,31,32). The lowest BCUT2D eigenvalue weighted by atomic mass is 9.98. The summed E-state index contributed by atoms with van der Waals surface area (Å²) >= 11 is 0. The lowest BCUT2D eigenvalue weighted by Gasteiger charge is -2.09. The fourth-order valence-corrected chi connectivity index (χ4v) is 3.93. The Labute approximate surface area is 206 Å². The molecule has 0 fully saturated rings. The molecule has 0 spiro atoms. The van der Waals surface area contributed by atoms with E-state index >= 15 is 0 Å². The van der Waals surface area contributed by atoms with Crippen molar-refractivity contribution < 1.29 is 4.79 Å². The number of aromatic amines is 1. The Morgan fingerprint density at radius 3 is 2.36 bits per heavy atom. The van der Waals surface area contributed by atoms with Gasteiger partial charge in [-0.1, -0.05) is 79.7 Å². The molecule has 0 aliphatic rings. The smallest absolute Gasteiger partial charge is 0.271 e. The van der Waals surface area contributed by atoms with Crippen LogP contribution in [0.15, 0.2) is 89.7 Å². The molecule has 0 bridgehead atoms. The molecule has 9 nitrogen and oxygen atoms in total. The summed E-state index contributed by atoms with van der Waals surface area (Å²) in [6, 6.07) is 24.4. The Morgan fingerprint density at radius 1 is 0.944 bits per heavy atom. The van der Waals surface area contributed by atoms with Crippen LogP contribution >= 0.6 is 0 Å². The number of hydrogen-bond donors (Lipinski definition) is 1. The van der Waals surface area contributed by atoms with E-state index in [-0.39, 0.29) is 6.54 Å². The number of carbonyl (C=O) groups excluding carboxylic acids is 1. The Kier molecular flexibility index (Phi) is 6.44. The van der Waals surface area contributed by atoms with Gasteiger partial charge in [0.05, 0.1) is 6.54 Å². The second-order valence-electron chi connectivity index (χ2n) is 8.11. The summed E-state index contributed by atoms with van der Waals surface area (Å²) < 4.78 is 2.44. The van der Waals surface area contributed by atoms with Gasteiger partial charge >= 0.3 is 5.69 Å². The van der Waals surface area contributed by atoms with Gasteiger partial charge in [-0.3, -0.25) is 9.36 Å². The largest absolute Gasteiger partial charge is 0.354 e. The van der Waals surface area contributed by atoms with Crippen LogP contribution in [0, 0.1) is 0 Å². The number of hydrogen-bond acceptors (Lipinski definition) is 6. The van der Waals surface area contributed by atoms with E-state index in [1.807, 2.05) is 67.6 Å². The molecule has 3 aromatic carbocycles. The number of benzene rings is 3. The molecular formula is C27H23N7O2. The molecule has 0 saturated carbocycles. The van der Waals surface area contributed by atoms with Crippen LogP contribution in [0.2, 0.25) is 0 Å². The summed E-state index contributed by atoms with van der Waals surface area (Å²) in [6.45, 7) is 2.27. The number of aromatic nitrogens is 7. The summed E-state index contributed by atoms with van der Waals surface area (Å²) in [5.41, 5.74) is 3.68. The number of carbonyl (C=O) groups is 1. The molecule has 0 unspecified atom stereocenters. The van der Waals surface area contributed by atoms with E-state index in [1.54, 1.807) is 30.3 Å². The average molecular weight is 478 g/mol. The number of nitrogens with one attached hydrogen (secondary N) is 1. The van der Waals surface area contributed by atoms with E-state index in [9.17, 15) is 9.59 Å². The van der Waals surface area contributed by atoms with Crippen molar-refractivity contribution >= 4 is 12.0 Å². The molecule has 2 aromatic heterocycles. The van der Waals surface area contributed by atoms with Crippen LogP contribution in [-0.4, -0.2) is 40.9 Å². The molecule has 5 aromatic rings. The van der Waals surface area contributed by atoms with Crippen molar-refractivity contribution in [2.24, 2.45) is 0 Å². The van der Waals surface area contributed by atoms with Crippen molar-refractivity contribution in [2.45, 2.75) is 19.9 Å². The number of rotatable bonds is 7. The molecule has 5 rings (SSSR count). The van der Waals surface area contributed by atoms with Gasteiger partial charge in [-0.2, -0.15) is 0 Å². The first-order chi connectivity index (χ1) is 17.7. The normalized spacial score (nSPS) is 11.2. The summed E-state index contributed by atoms with van der Waals surface area (Å²) in [5.74, 6) is 0.557. The molecule has 9 heteroatoms. The second kappa shape index (κ2) is 10.1. The van der Waals surface area contributed by atoms with Gasteiger partial charge in [-0.15, -0.1) is 14.9 Å². The maximum absolute atomic E-state index is 13.2. The lowest BCUT2D eigenvalue weighted by Crippen LogP contribution is -2.30. The number of tetrazole rings is 1. The third-order valence-corrected chi connectivity index (χ3v) is 5.74. The van der Waals surface area contributed by atoms with Crippen LogP contribution in [0.25, 0.3) is 28.6 Å². The predicted octanol–water partition coefficient (Wildman–Crippen LogP) is 4.05. The summed E-state index contributed by atoms with van der Waals surface area (Å²) in [7, 11) is 0. The van der Waals surface area contributed by atoms with Crippen LogP contribution in [0.5, 0.6) is 0 Å². The first-order valence-corrected chi connectivity index (χ1v) is 11.5. The zero-order valence-electron chi connectivity index (χ0n) is 19.6. The number of allylic oxidation sites excluding steroid dienone is 1. The van der Waals surface area contributed by atoms with Crippen molar-refractivity contribution in [3.63, 3.8) is 0 Å². The Morgan fingerprint density at radius 2 is 1.67 bits per heavy atom. The fourth-order valence-electron chi connectivity index (χ4n) is 3.93. The van der Waals surface area contributed by atoms with Gasteiger partial charge in [0, 0.05) is 11.1 Å². The zero-order valence-corrected chi connectivity index (χ0v) is 19.6. The predicted molar refractivity (Wildman–Crippen MR) is 136 cm³/mol. The molecule has 0 amide bonds. The molecule has 0 atom stereocenters.